The maximum atomic E-state index is 3.47. The van der Waals surface area contributed by atoms with Gasteiger partial charge in [0.25, 0.3) is 0 Å². The van der Waals surface area contributed by atoms with Crippen LogP contribution in [0.3, 0.4) is 0 Å². The SMILES string of the molecule is CCNCC1CCN(CCCN(C)c2ccccc2)C1. The molecule has 3 heteroatoms. The van der Waals surface area contributed by atoms with Crippen molar-refractivity contribution >= 4 is 5.69 Å². The number of nitrogens with zero attached hydrogens (tertiary/aromatic N) is 2. The van der Waals surface area contributed by atoms with Gasteiger partial charge >= 0.3 is 0 Å². The first-order valence-electron chi connectivity index (χ1n) is 7.99. The van der Waals surface area contributed by atoms with E-state index >= 15 is 0 Å². The minimum absolute atomic E-state index is 0.863. The third kappa shape index (κ3) is 4.80. The second kappa shape index (κ2) is 8.28. The highest BCUT2D eigenvalue weighted by Gasteiger charge is 2.21. The Bertz CT molecular complexity index is 366. The Morgan fingerprint density at radius 2 is 2.10 bits per heavy atom. The Morgan fingerprint density at radius 3 is 2.85 bits per heavy atom. The monoisotopic (exact) mass is 275 g/mol. The number of para-hydroxylation sites is 1. The summed E-state index contributed by atoms with van der Waals surface area (Å²) in [5, 5.41) is 3.47. The molecule has 0 aromatic heterocycles. The second-order valence-electron chi connectivity index (χ2n) is 5.87. The number of hydrogen-bond donors (Lipinski definition) is 1. The van der Waals surface area contributed by atoms with Gasteiger partial charge in [0.05, 0.1) is 0 Å². The highest BCUT2D eigenvalue weighted by Crippen LogP contribution is 2.16. The van der Waals surface area contributed by atoms with E-state index in [0.717, 1.165) is 19.0 Å². The fraction of sp³-hybridized carbons (Fsp3) is 0.647. The molecule has 0 amide bonds. The Balaban J connectivity index is 1.62. The molecule has 1 aromatic carbocycles. The van der Waals surface area contributed by atoms with Crippen LogP contribution < -0.4 is 10.2 Å². The van der Waals surface area contributed by atoms with E-state index in [4.69, 9.17) is 0 Å². The van der Waals surface area contributed by atoms with Crippen LogP contribution >= 0.6 is 0 Å². The number of likely N-dealkylation sites (tertiary alicyclic amines) is 1. The average molecular weight is 275 g/mol. The van der Waals surface area contributed by atoms with E-state index in [-0.39, 0.29) is 0 Å². The third-order valence-electron chi connectivity index (χ3n) is 4.22. The van der Waals surface area contributed by atoms with Gasteiger partial charge in [-0.1, -0.05) is 25.1 Å². The lowest BCUT2D eigenvalue weighted by Crippen LogP contribution is -2.29. The summed E-state index contributed by atoms with van der Waals surface area (Å²) >= 11 is 0. The van der Waals surface area contributed by atoms with E-state index in [1.54, 1.807) is 0 Å². The van der Waals surface area contributed by atoms with Crippen molar-refractivity contribution in [3.8, 4) is 0 Å². The van der Waals surface area contributed by atoms with Gasteiger partial charge in [-0.15, -0.1) is 0 Å². The normalized spacial score (nSPS) is 19.4. The van der Waals surface area contributed by atoms with Crippen molar-refractivity contribution in [2.75, 3.05) is 51.2 Å². The fourth-order valence-electron chi connectivity index (χ4n) is 2.97. The zero-order valence-electron chi connectivity index (χ0n) is 13.0. The molecule has 0 bridgehead atoms. The van der Waals surface area contributed by atoms with Gasteiger partial charge in [-0.05, 0) is 57.1 Å². The molecule has 1 aliphatic rings. The van der Waals surface area contributed by atoms with Crippen LogP contribution in [0.15, 0.2) is 30.3 Å². The van der Waals surface area contributed by atoms with Crippen LogP contribution in [0, 0.1) is 5.92 Å². The molecule has 112 valence electrons. The molecule has 3 nitrogen and oxygen atoms in total. The van der Waals surface area contributed by atoms with Crippen LogP contribution in [0.4, 0.5) is 5.69 Å². The number of benzene rings is 1. The van der Waals surface area contributed by atoms with Gasteiger partial charge in [-0.2, -0.15) is 0 Å². The molecule has 1 aromatic rings. The summed E-state index contributed by atoms with van der Waals surface area (Å²) in [4.78, 5) is 4.98. The van der Waals surface area contributed by atoms with Crippen molar-refractivity contribution in [3.63, 3.8) is 0 Å². The van der Waals surface area contributed by atoms with Gasteiger partial charge in [-0.3, -0.25) is 0 Å². The largest absolute Gasteiger partial charge is 0.375 e. The molecular formula is C17H29N3. The molecule has 1 saturated heterocycles. The number of rotatable bonds is 8. The van der Waals surface area contributed by atoms with Crippen LogP contribution in [0.5, 0.6) is 0 Å². The lowest BCUT2D eigenvalue weighted by atomic mass is 10.1. The molecule has 2 rings (SSSR count). The molecule has 0 saturated carbocycles. The Labute approximate surface area is 124 Å². The minimum Gasteiger partial charge on any atom is -0.375 e. The van der Waals surface area contributed by atoms with E-state index in [1.165, 1.54) is 44.7 Å². The van der Waals surface area contributed by atoms with Gasteiger partial charge in [0, 0.05) is 25.8 Å². The van der Waals surface area contributed by atoms with Crippen molar-refractivity contribution in [2.45, 2.75) is 19.8 Å². The van der Waals surface area contributed by atoms with E-state index in [9.17, 15) is 0 Å². The first kappa shape index (κ1) is 15.3. The summed E-state index contributed by atoms with van der Waals surface area (Å²) in [7, 11) is 2.19. The molecular weight excluding hydrogens is 246 g/mol. The van der Waals surface area contributed by atoms with Crippen molar-refractivity contribution in [3.05, 3.63) is 30.3 Å². The Kier molecular flexibility index (Phi) is 6.34. The molecule has 1 aliphatic heterocycles. The van der Waals surface area contributed by atoms with Gasteiger partial charge in [-0.25, -0.2) is 0 Å². The molecule has 1 heterocycles. The summed E-state index contributed by atoms with van der Waals surface area (Å²) in [5.41, 5.74) is 1.32. The van der Waals surface area contributed by atoms with E-state index in [2.05, 4.69) is 59.4 Å². The summed E-state index contributed by atoms with van der Waals surface area (Å²) in [6.07, 6.45) is 2.61. The maximum absolute atomic E-state index is 3.47. The molecule has 1 N–H and O–H groups in total. The lowest BCUT2D eigenvalue weighted by Gasteiger charge is -2.21. The van der Waals surface area contributed by atoms with Crippen LogP contribution in [0.25, 0.3) is 0 Å². The number of anilines is 1. The van der Waals surface area contributed by atoms with Crippen molar-refractivity contribution in [1.82, 2.24) is 10.2 Å². The van der Waals surface area contributed by atoms with E-state index < -0.39 is 0 Å². The van der Waals surface area contributed by atoms with Crippen LogP contribution in [0.2, 0.25) is 0 Å². The predicted octanol–water partition coefficient (Wildman–Crippen LogP) is 2.44. The zero-order chi connectivity index (χ0) is 14.2. The van der Waals surface area contributed by atoms with Crippen molar-refractivity contribution < 1.29 is 0 Å². The van der Waals surface area contributed by atoms with Gasteiger partial charge in [0.2, 0.25) is 0 Å². The molecule has 1 atom stereocenters. The third-order valence-corrected chi connectivity index (χ3v) is 4.22. The average Bonchev–Trinajstić information content (AvgIpc) is 2.94. The minimum atomic E-state index is 0.863. The molecule has 0 aliphatic carbocycles. The molecule has 1 fully saturated rings. The zero-order valence-corrected chi connectivity index (χ0v) is 13.0. The fourth-order valence-corrected chi connectivity index (χ4v) is 2.97. The van der Waals surface area contributed by atoms with Crippen LogP contribution in [0.1, 0.15) is 19.8 Å². The number of hydrogen-bond acceptors (Lipinski definition) is 3. The highest BCUT2D eigenvalue weighted by atomic mass is 15.2. The quantitative estimate of drug-likeness (QED) is 0.786. The molecule has 0 spiro atoms. The van der Waals surface area contributed by atoms with E-state index in [0.29, 0.717) is 0 Å². The highest BCUT2D eigenvalue weighted by molar-refractivity contribution is 5.44. The maximum Gasteiger partial charge on any atom is 0.0363 e. The summed E-state index contributed by atoms with van der Waals surface area (Å²) in [6.45, 7) is 9.41. The second-order valence-corrected chi connectivity index (χ2v) is 5.87. The smallest absolute Gasteiger partial charge is 0.0363 e. The van der Waals surface area contributed by atoms with Crippen LogP contribution in [-0.4, -0.2) is 51.2 Å². The van der Waals surface area contributed by atoms with Gasteiger partial charge in [0.15, 0.2) is 0 Å². The topological polar surface area (TPSA) is 18.5 Å². The molecule has 0 radical (unpaired) electrons. The molecule has 20 heavy (non-hydrogen) atoms. The first-order chi connectivity index (χ1) is 9.79. The number of nitrogens with one attached hydrogen (secondary N) is 1. The Morgan fingerprint density at radius 1 is 1.30 bits per heavy atom. The summed E-state index contributed by atoms with van der Waals surface area (Å²) in [5.74, 6) is 0.863. The summed E-state index contributed by atoms with van der Waals surface area (Å²) < 4.78 is 0. The molecule has 1 unspecified atom stereocenters. The van der Waals surface area contributed by atoms with Gasteiger partial charge in [0.1, 0.15) is 0 Å². The van der Waals surface area contributed by atoms with Crippen molar-refractivity contribution in [1.29, 1.82) is 0 Å². The lowest BCUT2D eigenvalue weighted by molar-refractivity contribution is 0.319. The van der Waals surface area contributed by atoms with Crippen molar-refractivity contribution in [2.24, 2.45) is 5.92 Å². The summed E-state index contributed by atoms with van der Waals surface area (Å²) in [6, 6.07) is 10.7. The van der Waals surface area contributed by atoms with Crippen LogP contribution in [-0.2, 0) is 0 Å². The Hall–Kier alpha value is -1.06. The first-order valence-corrected chi connectivity index (χ1v) is 7.99. The van der Waals surface area contributed by atoms with Gasteiger partial charge < -0.3 is 15.1 Å². The predicted molar refractivity (Wildman–Crippen MR) is 87.4 cm³/mol. The van der Waals surface area contributed by atoms with E-state index in [1.807, 2.05) is 0 Å². The standard InChI is InChI=1S/C17H29N3/c1-3-18-14-16-10-13-20(15-16)12-7-11-19(2)17-8-5-4-6-9-17/h4-6,8-9,16,18H,3,7,10-15H2,1-2H3.